The lowest BCUT2D eigenvalue weighted by molar-refractivity contribution is 0.238. The second-order valence-corrected chi connectivity index (χ2v) is 3.08. The fourth-order valence-corrected chi connectivity index (χ4v) is 2.03. The van der Waals surface area contributed by atoms with E-state index < -0.39 is 0 Å². The van der Waals surface area contributed by atoms with Crippen molar-refractivity contribution >= 4 is 34.0 Å². The highest BCUT2D eigenvalue weighted by Crippen LogP contribution is 2.21. The second-order valence-electron chi connectivity index (χ2n) is 3.08. The number of piperazine rings is 1. The molecule has 68 valence electrons. The van der Waals surface area contributed by atoms with E-state index in [2.05, 4.69) is 17.1 Å². The maximum absolute atomic E-state index is 3.48. The fraction of sp³-hybridized carbons (Fsp3) is 1.00. The van der Waals surface area contributed by atoms with E-state index in [1.54, 1.807) is 0 Å². The summed E-state index contributed by atoms with van der Waals surface area (Å²) in [7, 11) is 0. The smallest absolute Gasteiger partial charge is 0.0236 e. The lowest BCUT2D eigenvalue weighted by Crippen LogP contribution is -2.43. The molecule has 0 spiro atoms. The van der Waals surface area contributed by atoms with Gasteiger partial charge in [0.05, 0.1) is 0 Å². The maximum atomic E-state index is 3.48. The fourth-order valence-electron chi connectivity index (χ4n) is 2.03. The van der Waals surface area contributed by atoms with Gasteiger partial charge >= 0.3 is 0 Å². The summed E-state index contributed by atoms with van der Waals surface area (Å²) in [4.78, 5) is 2.57. The number of rotatable bonds is 1. The van der Waals surface area contributed by atoms with Crippen LogP contribution in [0.4, 0.5) is 0 Å². The molecule has 2 aliphatic rings. The number of hydrogen-bond donors (Lipinski definition) is 1. The van der Waals surface area contributed by atoms with Gasteiger partial charge in [-0.3, -0.25) is 4.90 Å². The normalized spacial score (nSPS) is 34.6. The molecule has 2 heterocycles. The Bertz CT molecular complexity index is 121. The van der Waals surface area contributed by atoms with Crippen molar-refractivity contribution in [3.8, 4) is 0 Å². The molecular weight excluding hydrogens is 272 g/mol. The Morgan fingerprint density at radius 3 is 2.45 bits per heavy atom. The van der Waals surface area contributed by atoms with Crippen molar-refractivity contribution in [3.63, 3.8) is 0 Å². The van der Waals surface area contributed by atoms with Gasteiger partial charge in [-0.2, -0.15) is 0 Å². The number of halogens is 2. The van der Waals surface area contributed by atoms with Gasteiger partial charge in [0, 0.05) is 25.2 Å². The van der Waals surface area contributed by atoms with Crippen LogP contribution in [0.3, 0.4) is 0 Å². The first-order valence-electron chi connectivity index (χ1n) is 3.87. The Morgan fingerprint density at radius 1 is 1.45 bits per heavy atom. The van der Waals surface area contributed by atoms with Gasteiger partial charge in [0.2, 0.25) is 0 Å². The Balaban J connectivity index is 0.000000500. The van der Waals surface area contributed by atoms with Crippen LogP contribution in [0.25, 0.3) is 0 Å². The molecule has 0 amide bonds. The molecule has 2 fully saturated rings. The summed E-state index contributed by atoms with van der Waals surface area (Å²) in [6.07, 6.45) is 1.40. The zero-order valence-electron chi connectivity index (χ0n) is 6.75. The van der Waals surface area contributed by atoms with Crippen molar-refractivity contribution in [1.82, 2.24) is 10.2 Å². The number of nitrogens with zero attached hydrogens (tertiary/aromatic N) is 1. The summed E-state index contributed by atoms with van der Waals surface area (Å²) in [6.45, 7) is 6.02. The van der Waals surface area contributed by atoms with Crippen LogP contribution in [0.15, 0.2) is 0 Å². The van der Waals surface area contributed by atoms with Crippen molar-refractivity contribution in [2.24, 2.45) is 0 Å². The summed E-state index contributed by atoms with van der Waals surface area (Å²) in [5, 5.41) is 3.48. The molecule has 1 N–H and O–H groups in total. The van der Waals surface area contributed by atoms with Crippen molar-refractivity contribution < 1.29 is 0 Å². The third-order valence-electron chi connectivity index (χ3n) is 2.58. The van der Waals surface area contributed by atoms with Crippen LogP contribution in [0, 0.1) is 0 Å². The lowest BCUT2D eigenvalue weighted by atomic mass is 10.2. The molecule has 2 rings (SSSR count). The predicted molar refractivity (Wildman–Crippen MR) is 58.1 cm³/mol. The molecule has 2 aliphatic heterocycles. The SMILES string of the molecule is Br.Br.CCN1C[C@H]2C[C@@H]1CN2. The van der Waals surface area contributed by atoms with Crippen molar-refractivity contribution in [3.05, 3.63) is 0 Å². The number of fused-ring (bicyclic) bond motifs is 2. The van der Waals surface area contributed by atoms with Gasteiger partial charge in [-0.1, -0.05) is 6.92 Å². The highest BCUT2D eigenvalue weighted by molar-refractivity contribution is 8.93. The molecule has 0 aromatic heterocycles. The zero-order chi connectivity index (χ0) is 6.27. The number of hydrogen-bond acceptors (Lipinski definition) is 2. The first-order chi connectivity index (χ1) is 4.40. The molecule has 2 atom stereocenters. The van der Waals surface area contributed by atoms with Crippen LogP contribution >= 0.6 is 34.0 Å². The Morgan fingerprint density at radius 2 is 2.18 bits per heavy atom. The molecular formula is C7H16Br2N2. The summed E-state index contributed by atoms with van der Waals surface area (Å²) in [5.74, 6) is 0. The minimum absolute atomic E-state index is 0. The average molecular weight is 288 g/mol. The van der Waals surface area contributed by atoms with E-state index in [1.165, 1.54) is 26.1 Å². The monoisotopic (exact) mass is 286 g/mol. The van der Waals surface area contributed by atoms with E-state index in [0.717, 1.165) is 12.1 Å². The van der Waals surface area contributed by atoms with Crippen LogP contribution in [0.1, 0.15) is 13.3 Å². The lowest BCUT2D eigenvalue weighted by Gasteiger charge is -2.25. The van der Waals surface area contributed by atoms with E-state index >= 15 is 0 Å². The first kappa shape index (κ1) is 11.9. The Kier molecular flexibility index (Phi) is 5.18. The van der Waals surface area contributed by atoms with Gasteiger partial charge in [0.1, 0.15) is 0 Å². The first-order valence-corrected chi connectivity index (χ1v) is 3.87. The average Bonchev–Trinajstić information content (AvgIpc) is 2.45. The van der Waals surface area contributed by atoms with E-state index in [-0.39, 0.29) is 34.0 Å². The molecule has 0 unspecified atom stereocenters. The Hall–Kier alpha value is 0.880. The van der Waals surface area contributed by atoms with Gasteiger partial charge in [-0.05, 0) is 13.0 Å². The van der Waals surface area contributed by atoms with Gasteiger partial charge in [0.25, 0.3) is 0 Å². The highest BCUT2D eigenvalue weighted by atomic mass is 79.9. The molecule has 2 bridgehead atoms. The van der Waals surface area contributed by atoms with E-state index in [1.807, 2.05) is 0 Å². The molecule has 0 aliphatic carbocycles. The minimum atomic E-state index is 0. The molecule has 11 heavy (non-hydrogen) atoms. The van der Waals surface area contributed by atoms with Crippen LogP contribution in [0.5, 0.6) is 0 Å². The molecule has 0 aromatic carbocycles. The summed E-state index contributed by atoms with van der Waals surface area (Å²) < 4.78 is 0. The highest BCUT2D eigenvalue weighted by Gasteiger charge is 2.35. The maximum Gasteiger partial charge on any atom is 0.0236 e. The third kappa shape index (κ3) is 2.17. The van der Waals surface area contributed by atoms with Crippen LogP contribution in [-0.2, 0) is 0 Å². The van der Waals surface area contributed by atoms with Crippen molar-refractivity contribution in [2.75, 3.05) is 19.6 Å². The van der Waals surface area contributed by atoms with Gasteiger partial charge in [-0.25, -0.2) is 0 Å². The number of likely N-dealkylation sites (N-methyl/N-ethyl adjacent to an activating group) is 1. The zero-order valence-corrected chi connectivity index (χ0v) is 10.2. The third-order valence-corrected chi connectivity index (χ3v) is 2.58. The topological polar surface area (TPSA) is 15.3 Å². The quantitative estimate of drug-likeness (QED) is 0.780. The van der Waals surface area contributed by atoms with Gasteiger partial charge < -0.3 is 5.32 Å². The standard InChI is InChI=1S/C7H14N2.2BrH/c1-2-9-5-6-3-7(9)4-8-6;;/h6-8H,2-5H2,1H3;2*1H/t6-,7-;;/m1../s1. The van der Waals surface area contributed by atoms with E-state index in [9.17, 15) is 0 Å². The molecule has 4 heteroatoms. The van der Waals surface area contributed by atoms with Crippen LogP contribution in [0.2, 0.25) is 0 Å². The Labute approximate surface area is 89.3 Å². The predicted octanol–water partition coefficient (Wildman–Crippen LogP) is 1.21. The van der Waals surface area contributed by atoms with E-state index in [4.69, 9.17) is 0 Å². The molecule has 0 radical (unpaired) electrons. The summed E-state index contributed by atoms with van der Waals surface area (Å²) in [6, 6.07) is 1.70. The largest absolute Gasteiger partial charge is 0.311 e. The minimum Gasteiger partial charge on any atom is -0.311 e. The van der Waals surface area contributed by atoms with Crippen LogP contribution < -0.4 is 5.32 Å². The molecule has 2 nitrogen and oxygen atoms in total. The molecule has 0 saturated carbocycles. The van der Waals surface area contributed by atoms with Gasteiger partial charge in [0.15, 0.2) is 0 Å². The van der Waals surface area contributed by atoms with Crippen molar-refractivity contribution in [1.29, 1.82) is 0 Å². The summed E-state index contributed by atoms with van der Waals surface area (Å²) >= 11 is 0. The van der Waals surface area contributed by atoms with E-state index in [0.29, 0.717) is 0 Å². The van der Waals surface area contributed by atoms with Crippen LogP contribution in [-0.4, -0.2) is 36.6 Å². The number of nitrogens with one attached hydrogen (secondary N) is 1. The van der Waals surface area contributed by atoms with Crippen molar-refractivity contribution in [2.45, 2.75) is 25.4 Å². The van der Waals surface area contributed by atoms with Gasteiger partial charge in [-0.15, -0.1) is 34.0 Å². The number of likely N-dealkylation sites (tertiary alicyclic amines) is 1. The second kappa shape index (κ2) is 4.80. The molecule has 0 aromatic rings. The molecule has 2 saturated heterocycles. The summed E-state index contributed by atoms with van der Waals surface area (Å²) in [5.41, 5.74) is 0.